The summed E-state index contributed by atoms with van der Waals surface area (Å²) in [7, 11) is 2.84. The quantitative estimate of drug-likeness (QED) is 0.472. The van der Waals surface area contributed by atoms with E-state index in [0.717, 1.165) is 28.9 Å². The molecule has 1 saturated carbocycles. The second-order valence-electron chi connectivity index (χ2n) is 6.64. The van der Waals surface area contributed by atoms with E-state index in [1.807, 2.05) is 29.3 Å². The molecule has 2 heterocycles. The van der Waals surface area contributed by atoms with Gasteiger partial charge in [-0.05, 0) is 49.4 Å². The lowest BCUT2D eigenvalue weighted by Crippen LogP contribution is -2.31. The Hall–Kier alpha value is -2.62. The standard InChI is InChI=1S/C17H22N6O.CH4O2.H2/c1-11-3-4-12(9-11)19-17-18-10-15-16(20-17)23(22-21-15)13-5-7-14(24-2)8-6-13;1-3-2;/h5-8,10-12,21-22H,3-4,9H2,1-2H3,(H,18,19,20);2H,1H3;1H/t11-,12?;;/m0../s1. The van der Waals surface area contributed by atoms with Crippen LogP contribution in [0.2, 0.25) is 0 Å². The van der Waals surface area contributed by atoms with Gasteiger partial charge < -0.3 is 10.1 Å². The van der Waals surface area contributed by atoms with E-state index in [0.29, 0.717) is 12.0 Å². The summed E-state index contributed by atoms with van der Waals surface area (Å²) < 4.78 is 5.21. The highest BCUT2D eigenvalue weighted by atomic mass is 17.1. The van der Waals surface area contributed by atoms with Crippen molar-refractivity contribution in [3.63, 3.8) is 0 Å². The minimum absolute atomic E-state index is 0. The molecule has 148 valence electrons. The lowest BCUT2D eigenvalue weighted by Gasteiger charge is -2.18. The molecule has 1 fully saturated rings. The van der Waals surface area contributed by atoms with Crippen molar-refractivity contribution in [3.05, 3.63) is 30.5 Å². The summed E-state index contributed by atoms with van der Waals surface area (Å²) in [5.74, 6) is 3.09. The number of hydrogen-bond acceptors (Lipinski definition) is 9. The third-order valence-corrected chi connectivity index (χ3v) is 4.64. The first kappa shape index (κ1) is 19.2. The third kappa shape index (κ3) is 4.57. The Balaban J connectivity index is 0.000000660. The van der Waals surface area contributed by atoms with E-state index in [-0.39, 0.29) is 1.43 Å². The third-order valence-electron chi connectivity index (χ3n) is 4.64. The molecule has 2 aromatic rings. The SMILES string of the molecule is COO.COc1ccc(N2NNc3cnc(NC4CC[C@H](C)C4)nc32)cc1.[HH]. The maximum Gasteiger partial charge on any atom is 0.225 e. The monoisotopic (exact) mass is 376 g/mol. The number of fused-ring (bicyclic) bond motifs is 1. The first-order valence-corrected chi connectivity index (χ1v) is 8.91. The summed E-state index contributed by atoms with van der Waals surface area (Å²) in [5, 5.41) is 12.4. The van der Waals surface area contributed by atoms with Crippen molar-refractivity contribution in [1.29, 1.82) is 0 Å². The largest absolute Gasteiger partial charge is 0.497 e. The molecule has 1 unspecified atom stereocenters. The predicted octanol–water partition coefficient (Wildman–Crippen LogP) is 3.42. The molecule has 2 atom stereocenters. The van der Waals surface area contributed by atoms with Gasteiger partial charge in [-0.3, -0.25) is 10.7 Å². The molecule has 4 N–H and O–H groups in total. The van der Waals surface area contributed by atoms with E-state index in [2.05, 4.69) is 38.1 Å². The second kappa shape index (κ2) is 8.85. The summed E-state index contributed by atoms with van der Waals surface area (Å²) in [6.07, 6.45) is 5.43. The number of aromatic nitrogens is 2. The molecule has 1 aromatic heterocycles. The van der Waals surface area contributed by atoms with Crippen molar-refractivity contribution in [1.82, 2.24) is 15.5 Å². The van der Waals surface area contributed by atoms with Gasteiger partial charge >= 0.3 is 0 Å². The minimum atomic E-state index is 0. The maximum absolute atomic E-state index is 7.07. The fourth-order valence-electron chi connectivity index (χ4n) is 3.31. The van der Waals surface area contributed by atoms with Gasteiger partial charge in [0, 0.05) is 7.47 Å². The molecule has 0 amide bonds. The first-order chi connectivity index (χ1) is 13.1. The topological polar surface area (TPSA) is 104 Å². The Bertz CT molecular complexity index is 749. The molecule has 0 radical (unpaired) electrons. The van der Waals surface area contributed by atoms with Crippen LogP contribution in [0.3, 0.4) is 0 Å². The van der Waals surface area contributed by atoms with Crippen molar-refractivity contribution in [3.8, 4) is 5.75 Å². The maximum atomic E-state index is 7.07. The molecule has 1 aliphatic carbocycles. The van der Waals surface area contributed by atoms with Crippen LogP contribution >= 0.6 is 0 Å². The summed E-state index contributed by atoms with van der Waals surface area (Å²) in [6, 6.07) is 8.28. The first-order valence-electron chi connectivity index (χ1n) is 8.91. The van der Waals surface area contributed by atoms with E-state index in [4.69, 9.17) is 9.99 Å². The molecule has 9 nitrogen and oxygen atoms in total. The van der Waals surface area contributed by atoms with Crippen LogP contribution < -0.4 is 26.0 Å². The number of nitrogens with zero attached hydrogens (tertiary/aromatic N) is 3. The number of rotatable bonds is 4. The summed E-state index contributed by atoms with van der Waals surface area (Å²) in [6.45, 7) is 2.30. The van der Waals surface area contributed by atoms with E-state index < -0.39 is 0 Å². The van der Waals surface area contributed by atoms with Gasteiger partial charge in [0.25, 0.3) is 0 Å². The Labute approximate surface area is 160 Å². The van der Waals surface area contributed by atoms with Gasteiger partial charge in [-0.2, -0.15) is 4.98 Å². The number of hydrazine groups is 2. The highest BCUT2D eigenvalue weighted by Crippen LogP contribution is 2.34. The Morgan fingerprint density at radius 1 is 1.26 bits per heavy atom. The van der Waals surface area contributed by atoms with Crippen molar-refractivity contribution in [2.45, 2.75) is 32.2 Å². The van der Waals surface area contributed by atoms with Crippen LogP contribution in [-0.2, 0) is 4.89 Å². The highest BCUT2D eigenvalue weighted by Gasteiger charge is 2.25. The lowest BCUT2D eigenvalue weighted by atomic mass is 10.1. The van der Waals surface area contributed by atoms with Crippen LogP contribution in [0.15, 0.2) is 30.5 Å². The van der Waals surface area contributed by atoms with Crippen molar-refractivity contribution in [2.75, 3.05) is 30.0 Å². The van der Waals surface area contributed by atoms with Crippen LogP contribution in [0.25, 0.3) is 0 Å². The molecule has 1 aliphatic heterocycles. The van der Waals surface area contributed by atoms with Gasteiger partial charge in [-0.25, -0.2) is 14.9 Å². The van der Waals surface area contributed by atoms with Gasteiger partial charge in [0.15, 0.2) is 5.82 Å². The van der Waals surface area contributed by atoms with Crippen LogP contribution in [0.4, 0.5) is 23.1 Å². The Morgan fingerprint density at radius 2 is 2.00 bits per heavy atom. The molecule has 4 rings (SSSR count). The number of benzene rings is 1. The molecule has 1 aromatic carbocycles. The number of methoxy groups -OCH3 is 1. The fraction of sp³-hybridized carbons (Fsp3) is 0.444. The number of nitrogens with one attached hydrogen (secondary N) is 3. The van der Waals surface area contributed by atoms with Gasteiger partial charge in [0.1, 0.15) is 11.4 Å². The number of anilines is 4. The summed E-state index contributed by atoms with van der Waals surface area (Å²) >= 11 is 0. The zero-order valence-corrected chi connectivity index (χ0v) is 15.8. The fourth-order valence-corrected chi connectivity index (χ4v) is 3.31. The number of hydrogen-bond donors (Lipinski definition) is 4. The Morgan fingerprint density at radius 3 is 2.63 bits per heavy atom. The average molecular weight is 376 g/mol. The van der Waals surface area contributed by atoms with Crippen molar-refractivity contribution < 1.29 is 16.3 Å². The van der Waals surface area contributed by atoms with Crippen LogP contribution in [0.5, 0.6) is 5.75 Å². The molecule has 9 heteroatoms. The van der Waals surface area contributed by atoms with Gasteiger partial charge in [0.05, 0.1) is 26.1 Å². The molecule has 0 bridgehead atoms. The highest BCUT2D eigenvalue weighted by molar-refractivity contribution is 5.76. The summed E-state index contributed by atoms with van der Waals surface area (Å²) in [4.78, 5) is 12.4. The molecule has 0 saturated heterocycles. The lowest BCUT2D eigenvalue weighted by molar-refractivity contribution is -0.214. The smallest absolute Gasteiger partial charge is 0.225 e. The predicted molar refractivity (Wildman–Crippen MR) is 106 cm³/mol. The zero-order valence-electron chi connectivity index (χ0n) is 15.8. The minimum Gasteiger partial charge on any atom is -0.497 e. The van der Waals surface area contributed by atoms with Crippen LogP contribution in [-0.4, -0.2) is 35.5 Å². The van der Waals surface area contributed by atoms with Gasteiger partial charge in [0.2, 0.25) is 5.95 Å². The van der Waals surface area contributed by atoms with E-state index in [9.17, 15) is 0 Å². The van der Waals surface area contributed by atoms with Gasteiger partial charge in [-0.15, -0.1) is 5.53 Å². The van der Waals surface area contributed by atoms with E-state index >= 15 is 0 Å². The molecular formula is C18H28N6O3. The zero-order chi connectivity index (χ0) is 19.2. The average Bonchev–Trinajstić information content (AvgIpc) is 3.28. The normalized spacial score (nSPS) is 20.4. The molecule has 27 heavy (non-hydrogen) atoms. The van der Waals surface area contributed by atoms with E-state index in [1.54, 1.807) is 13.3 Å². The van der Waals surface area contributed by atoms with Gasteiger partial charge in [-0.1, -0.05) is 6.92 Å². The number of ether oxygens (including phenoxy) is 1. The Kier molecular flexibility index (Phi) is 6.28. The molecule has 0 spiro atoms. The van der Waals surface area contributed by atoms with Crippen molar-refractivity contribution in [2.24, 2.45) is 5.92 Å². The van der Waals surface area contributed by atoms with Crippen molar-refractivity contribution >= 4 is 23.1 Å². The summed E-state index contributed by atoms with van der Waals surface area (Å²) in [5.41, 5.74) is 8.04. The van der Waals surface area contributed by atoms with Crippen LogP contribution in [0.1, 0.15) is 27.6 Å². The second-order valence-corrected chi connectivity index (χ2v) is 6.64. The van der Waals surface area contributed by atoms with E-state index in [1.165, 1.54) is 26.4 Å². The molecule has 2 aliphatic rings. The van der Waals surface area contributed by atoms with Crippen LogP contribution in [0, 0.1) is 5.92 Å². The molecular weight excluding hydrogens is 348 g/mol.